The number of imidazole rings is 1. The molecule has 0 atom stereocenters. The minimum absolute atomic E-state index is 0.00529. The van der Waals surface area contributed by atoms with Crippen molar-refractivity contribution in [2.45, 2.75) is 6.61 Å². The molecule has 0 spiro atoms. The van der Waals surface area contributed by atoms with E-state index in [1.807, 2.05) is 28.1 Å². The van der Waals surface area contributed by atoms with Gasteiger partial charge >= 0.3 is 0 Å². The molecule has 9 nitrogen and oxygen atoms in total. The minimum Gasteiger partial charge on any atom is -0.394 e. The molecule has 0 fully saturated rings. The molecule has 13 heteroatoms. The molecule has 0 bridgehead atoms. The van der Waals surface area contributed by atoms with E-state index in [0.717, 1.165) is 12.3 Å². The van der Waals surface area contributed by atoms with E-state index in [-0.39, 0.29) is 25.5 Å². The highest BCUT2D eigenvalue weighted by molar-refractivity contribution is 14.1. The van der Waals surface area contributed by atoms with E-state index in [4.69, 9.17) is 14.8 Å². The van der Waals surface area contributed by atoms with E-state index in [1.165, 1.54) is 24.7 Å². The van der Waals surface area contributed by atoms with Gasteiger partial charge in [0.15, 0.2) is 18.2 Å². The molecule has 1 heterocycles. The number of aliphatic hydroxyl groups is 1. The standard InChI is InChI=1S/C20H17F3IN5O4/c21-15-6-12(24)1-2-16(15)28-19-14(20(31)29-32-4-3-30)5-11(17(22)18(19)23)7-27-33-9-13-8-25-10-26-13/h1-2,5-8,10,28,30H,3-4,9H2,(H,25,26)(H,29,31)/b27-7+. The van der Waals surface area contributed by atoms with Crippen LogP contribution in [0.15, 0.2) is 41.9 Å². The fourth-order valence-corrected chi connectivity index (χ4v) is 3.00. The van der Waals surface area contributed by atoms with Crippen LogP contribution in [0.4, 0.5) is 24.5 Å². The first kappa shape index (κ1) is 24.5. The summed E-state index contributed by atoms with van der Waals surface area (Å²) >= 11 is 1.89. The number of amides is 1. The van der Waals surface area contributed by atoms with Gasteiger partial charge in [0.05, 0.1) is 54.6 Å². The summed E-state index contributed by atoms with van der Waals surface area (Å²) in [6, 6.07) is 5.03. The van der Waals surface area contributed by atoms with Crippen molar-refractivity contribution in [1.82, 2.24) is 15.4 Å². The van der Waals surface area contributed by atoms with E-state index in [1.54, 1.807) is 6.07 Å². The number of oxime groups is 1. The summed E-state index contributed by atoms with van der Waals surface area (Å²) in [6.45, 7) is -0.628. The molecular weight excluding hydrogens is 558 g/mol. The number of hydrogen-bond donors (Lipinski definition) is 4. The van der Waals surface area contributed by atoms with Gasteiger partial charge < -0.3 is 20.2 Å². The van der Waals surface area contributed by atoms with Crippen molar-refractivity contribution in [3.05, 3.63) is 74.6 Å². The average Bonchev–Trinajstić information content (AvgIpc) is 3.31. The normalized spacial score (nSPS) is 11.1. The Balaban J connectivity index is 1.92. The van der Waals surface area contributed by atoms with E-state index >= 15 is 0 Å². The highest BCUT2D eigenvalue weighted by Gasteiger charge is 2.23. The fourth-order valence-electron chi connectivity index (χ4n) is 2.55. The topological polar surface area (TPSA) is 121 Å². The molecule has 0 aliphatic rings. The Morgan fingerprint density at radius 3 is 2.79 bits per heavy atom. The van der Waals surface area contributed by atoms with Gasteiger partial charge in [0.1, 0.15) is 5.82 Å². The lowest BCUT2D eigenvalue weighted by Gasteiger charge is -2.15. The second-order valence-electron chi connectivity index (χ2n) is 6.35. The van der Waals surface area contributed by atoms with Gasteiger partial charge in [-0.2, -0.15) is 0 Å². The van der Waals surface area contributed by atoms with Crippen molar-refractivity contribution in [3.8, 4) is 0 Å². The van der Waals surface area contributed by atoms with Crippen molar-refractivity contribution >= 4 is 46.1 Å². The molecular formula is C20H17F3IN5O4. The maximum Gasteiger partial charge on any atom is 0.277 e. The maximum atomic E-state index is 15.0. The number of aromatic nitrogens is 2. The van der Waals surface area contributed by atoms with Gasteiger partial charge in [-0.25, -0.2) is 23.6 Å². The molecule has 2 aromatic carbocycles. The number of carbonyl (C=O) groups is 1. The molecule has 0 radical (unpaired) electrons. The lowest BCUT2D eigenvalue weighted by Crippen LogP contribution is -2.26. The monoisotopic (exact) mass is 575 g/mol. The number of aromatic amines is 1. The zero-order valence-corrected chi connectivity index (χ0v) is 18.9. The van der Waals surface area contributed by atoms with Crippen molar-refractivity contribution in [3.63, 3.8) is 0 Å². The Kier molecular flexibility index (Phi) is 8.62. The minimum atomic E-state index is -1.45. The predicted molar refractivity (Wildman–Crippen MR) is 120 cm³/mol. The van der Waals surface area contributed by atoms with Crippen LogP contribution in [-0.2, 0) is 16.3 Å². The molecule has 1 aromatic heterocycles. The number of H-pyrrole nitrogens is 1. The quantitative estimate of drug-likeness (QED) is 0.127. The largest absolute Gasteiger partial charge is 0.394 e. The van der Waals surface area contributed by atoms with Gasteiger partial charge in [0.25, 0.3) is 5.91 Å². The van der Waals surface area contributed by atoms with Crippen molar-refractivity contribution in [2.75, 3.05) is 18.5 Å². The second-order valence-corrected chi connectivity index (χ2v) is 7.60. The van der Waals surface area contributed by atoms with E-state index in [0.29, 0.717) is 9.26 Å². The lowest BCUT2D eigenvalue weighted by molar-refractivity contribution is 0.0168. The summed E-state index contributed by atoms with van der Waals surface area (Å²) in [7, 11) is 0. The first-order valence-corrected chi connectivity index (χ1v) is 10.4. The molecule has 33 heavy (non-hydrogen) atoms. The van der Waals surface area contributed by atoms with Crippen LogP contribution in [0.1, 0.15) is 21.6 Å². The van der Waals surface area contributed by atoms with Crippen LogP contribution in [-0.4, -0.2) is 40.4 Å². The molecule has 0 saturated carbocycles. The number of nitrogens with zero attached hydrogens (tertiary/aromatic N) is 2. The third-order valence-electron chi connectivity index (χ3n) is 4.07. The summed E-state index contributed by atoms with van der Waals surface area (Å²) in [4.78, 5) is 28.9. The Bertz CT molecular complexity index is 1150. The Morgan fingerprint density at radius 2 is 2.09 bits per heavy atom. The van der Waals surface area contributed by atoms with Gasteiger partial charge in [-0.15, -0.1) is 0 Å². The predicted octanol–water partition coefficient (Wildman–Crippen LogP) is 3.38. The summed E-state index contributed by atoms with van der Waals surface area (Å²) < 4.78 is 44.5. The summed E-state index contributed by atoms with van der Waals surface area (Å²) in [5, 5.41) is 14.8. The van der Waals surface area contributed by atoms with Crippen LogP contribution in [0.25, 0.3) is 0 Å². The molecule has 0 aliphatic heterocycles. The molecule has 4 N–H and O–H groups in total. The first-order chi connectivity index (χ1) is 15.9. The van der Waals surface area contributed by atoms with Gasteiger partial charge in [-0.3, -0.25) is 9.63 Å². The fraction of sp³-hybridized carbons (Fsp3) is 0.150. The van der Waals surface area contributed by atoms with Crippen LogP contribution >= 0.6 is 22.6 Å². The van der Waals surface area contributed by atoms with Gasteiger partial charge in [-0.05, 0) is 46.9 Å². The number of benzene rings is 2. The summed E-state index contributed by atoms with van der Waals surface area (Å²) in [5.74, 6) is -4.49. The maximum absolute atomic E-state index is 15.0. The van der Waals surface area contributed by atoms with Gasteiger partial charge in [0, 0.05) is 9.13 Å². The zero-order valence-electron chi connectivity index (χ0n) is 16.7. The highest BCUT2D eigenvalue weighted by Crippen LogP contribution is 2.30. The van der Waals surface area contributed by atoms with Crippen molar-refractivity contribution in [1.29, 1.82) is 0 Å². The number of rotatable bonds is 10. The Labute approximate surface area is 199 Å². The number of hydrogen-bond acceptors (Lipinski definition) is 7. The molecule has 174 valence electrons. The average molecular weight is 575 g/mol. The molecule has 3 rings (SSSR count). The van der Waals surface area contributed by atoms with Crippen LogP contribution < -0.4 is 10.8 Å². The molecule has 0 aliphatic carbocycles. The molecule has 3 aromatic rings. The van der Waals surface area contributed by atoms with Crippen molar-refractivity contribution < 1.29 is 32.7 Å². The number of carbonyl (C=O) groups excluding carboxylic acids is 1. The van der Waals surface area contributed by atoms with Crippen LogP contribution in [0.5, 0.6) is 0 Å². The van der Waals surface area contributed by atoms with Gasteiger partial charge in [0.2, 0.25) is 0 Å². The summed E-state index contributed by atoms with van der Waals surface area (Å²) in [5.41, 5.74) is 0.994. The molecule has 0 unspecified atom stereocenters. The highest BCUT2D eigenvalue weighted by atomic mass is 127. The first-order valence-electron chi connectivity index (χ1n) is 9.30. The number of nitrogens with one attached hydrogen (secondary N) is 3. The number of halogens is 4. The molecule has 1 amide bonds. The number of anilines is 2. The lowest BCUT2D eigenvalue weighted by atomic mass is 10.1. The smallest absolute Gasteiger partial charge is 0.277 e. The zero-order chi connectivity index (χ0) is 23.8. The number of aliphatic hydroxyl groups excluding tert-OH is 1. The van der Waals surface area contributed by atoms with E-state index in [9.17, 15) is 18.0 Å². The van der Waals surface area contributed by atoms with Gasteiger partial charge in [-0.1, -0.05) is 5.16 Å². The third kappa shape index (κ3) is 6.43. The second kappa shape index (κ2) is 11.6. The third-order valence-corrected chi connectivity index (χ3v) is 4.74. The summed E-state index contributed by atoms with van der Waals surface area (Å²) in [6.07, 6.45) is 3.81. The van der Waals surface area contributed by atoms with E-state index < -0.39 is 40.2 Å². The SMILES string of the molecule is O=C(NOCCO)c1cc(/C=N/OCc2cnc[nH]2)c(F)c(F)c1Nc1ccc(I)cc1F. The Hall–Kier alpha value is -3.17. The molecule has 0 saturated heterocycles. The van der Waals surface area contributed by atoms with Crippen LogP contribution in [0, 0.1) is 21.0 Å². The Morgan fingerprint density at radius 1 is 1.27 bits per heavy atom. The number of hydroxylamine groups is 1. The van der Waals surface area contributed by atoms with Crippen LogP contribution in [0.3, 0.4) is 0 Å². The van der Waals surface area contributed by atoms with Crippen molar-refractivity contribution in [2.24, 2.45) is 5.16 Å². The van der Waals surface area contributed by atoms with E-state index in [2.05, 4.69) is 20.4 Å². The van der Waals surface area contributed by atoms with Crippen LogP contribution in [0.2, 0.25) is 0 Å².